The molecular weight excluding hydrogens is 404 g/mol. The van der Waals surface area contributed by atoms with Gasteiger partial charge < -0.3 is 21.1 Å². The van der Waals surface area contributed by atoms with Crippen molar-refractivity contribution in [3.63, 3.8) is 0 Å². The second-order valence-electron chi connectivity index (χ2n) is 7.14. The van der Waals surface area contributed by atoms with Crippen LogP contribution in [0.4, 0.5) is 23.0 Å². The van der Waals surface area contributed by atoms with Gasteiger partial charge in [0, 0.05) is 47.7 Å². The van der Waals surface area contributed by atoms with Crippen molar-refractivity contribution in [3.05, 3.63) is 84.8 Å². The number of aryl methyl sites for hydroxylation is 1. The van der Waals surface area contributed by atoms with Crippen molar-refractivity contribution in [1.29, 1.82) is 0 Å². The number of carbonyl (C=O) groups excluding carboxylic acids is 1. The van der Waals surface area contributed by atoms with Crippen LogP contribution in [0.25, 0.3) is 11.3 Å². The highest BCUT2D eigenvalue weighted by Gasteiger charge is 2.08. The van der Waals surface area contributed by atoms with Crippen molar-refractivity contribution in [2.45, 2.75) is 6.92 Å². The number of hydrogen-bond donors (Lipinski definition) is 3. The van der Waals surface area contributed by atoms with Crippen molar-refractivity contribution < 1.29 is 15.3 Å². The largest absolute Gasteiger partial charge is 0.484 e. The third-order valence-corrected chi connectivity index (χ3v) is 4.67. The van der Waals surface area contributed by atoms with Crippen LogP contribution >= 0.6 is 0 Å². The topological polar surface area (TPSA) is 117 Å². The zero-order valence-corrected chi connectivity index (χ0v) is 17.6. The van der Waals surface area contributed by atoms with Gasteiger partial charge in [-0.25, -0.2) is 9.97 Å². The van der Waals surface area contributed by atoms with Gasteiger partial charge in [-0.2, -0.15) is 0 Å². The van der Waals surface area contributed by atoms with Crippen LogP contribution in [0.1, 0.15) is 5.56 Å². The molecule has 1 amide bonds. The van der Waals surface area contributed by atoms with Crippen molar-refractivity contribution in [2.24, 2.45) is 0 Å². The summed E-state index contributed by atoms with van der Waals surface area (Å²) in [7, 11) is 0. The minimum Gasteiger partial charge on any atom is -0.484 e. The average molecular weight is 427 g/mol. The molecule has 0 aliphatic heterocycles. The molecule has 0 aliphatic carbocycles. The fourth-order valence-electron chi connectivity index (χ4n) is 2.98. The van der Waals surface area contributed by atoms with Gasteiger partial charge in [0.15, 0.2) is 6.61 Å². The van der Waals surface area contributed by atoms with E-state index in [0.717, 1.165) is 28.2 Å². The van der Waals surface area contributed by atoms with E-state index in [9.17, 15) is 4.79 Å². The Bertz CT molecular complexity index is 1210. The summed E-state index contributed by atoms with van der Waals surface area (Å²) in [4.78, 5) is 25.3. The fraction of sp³-hybridized carbons (Fsp3) is 0.0833. The quantitative estimate of drug-likeness (QED) is 0.416. The van der Waals surface area contributed by atoms with Crippen molar-refractivity contribution in [1.82, 2.24) is 15.0 Å². The van der Waals surface area contributed by atoms with Crippen LogP contribution in [0.2, 0.25) is 0 Å². The third kappa shape index (κ3) is 5.44. The lowest BCUT2D eigenvalue weighted by molar-refractivity contribution is -0.254. The molecule has 0 saturated carbocycles. The number of carbonyl (C=O) groups is 1. The highest BCUT2D eigenvalue weighted by molar-refractivity contribution is 5.92. The summed E-state index contributed by atoms with van der Waals surface area (Å²) in [6.45, 7) is 1.87. The fourth-order valence-corrected chi connectivity index (χ4v) is 2.98. The summed E-state index contributed by atoms with van der Waals surface area (Å²) in [5.74, 6) is 0.813. The molecule has 5 N–H and O–H groups in total. The Labute approximate surface area is 185 Å². The molecule has 0 atom stereocenters. The third-order valence-electron chi connectivity index (χ3n) is 4.67. The molecule has 0 aliphatic rings. The Kier molecular flexibility index (Phi) is 6.33. The Morgan fingerprint density at radius 3 is 2.69 bits per heavy atom. The van der Waals surface area contributed by atoms with E-state index in [1.54, 1.807) is 30.7 Å². The van der Waals surface area contributed by atoms with Gasteiger partial charge in [0.1, 0.15) is 11.4 Å². The summed E-state index contributed by atoms with van der Waals surface area (Å²) in [6, 6.07) is 18.4. The molecule has 8 heteroatoms. The number of rotatable bonds is 7. The summed E-state index contributed by atoms with van der Waals surface area (Å²) in [5.41, 5.74) is 8.80. The molecule has 2 aromatic carbocycles. The van der Waals surface area contributed by atoms with Crippen LogP contribution in [0, 0.1) is 6.92 Å². The van der Waals surface area contributed by atoms with Crippen molar-refractivity contribution in [3.8, 4) is 17.0 Å². The standard InChI is InChI=1S/C24H22N6O2/c1-16-4-7-19(28-23(31)15-32-20-8-5-18(25)6-9-20)13-22(16)30-24-27-12-10-21(29-24)17-3-2-11-26-14-17/h2-14H,15,25H2,1H3,(H,28,31)(H,27,29,30)/p+1. The van der Waals surface area contributed by atoms with Crippen molar-refractivity contribution >= 4 is 28.9 Å². The van der Waals surface area contributed by atoms with Crippen LogP contribution in [0.3, 0.4) is 0 Å². The Morgan fingerprint density at radius 2 is 1.91 bits per heavy atom. The number of aromatic nitrogens is 3. The molecular formula is C24H23N6O2+. The van der Waals surface area contributed by atoms with E-state index < -0.39 is 0 Å². The minimum atomic E-state index is -0.256. The molecule has 0 radical (unpaired) electrons. The number of amides is 1. The first kappa shape index (κ1) is 21.0. The van der Waals surface area contributed by atoms with Gasteiger partial charge in [0.2, 0.25) is 5.95 Å². The monoisotopic (exact) mass is 427 g/mol. The SMILES string of the molecule is Cc1ccc(NC(=O)COc2ccc([NH3+])cc2)cc1Nc1nccc(-c2cccnc2)n1. The summed E-state index contributed by atoms with van der Waals surface area (Å²) in [5, 5.41) is 6.08. The molecule has 160 valence electrons. The number of ether oxygens (including phenoxy) is 1. The lowest BCUT2D eigenvalue weighted by Crippen LogP contribution is -2.39. The van der Waals surface area contributed by atoms with E-state index in [2.05, 4.69) is 31.3 Å². The van der Waals surface area contributed by atoms with Crippen molar-refractivity contribution in [2.75, 3.05) is 17.2 Å². The van der Waals surface area contributed by atoms with E-state index in [1.165, 1.54) is 0 Å². The van der Waals surface area contributed by atoms with Gasteiger partial charge in [0.05, 0.1) is 5.69 Å². The maximum atomic E-state index is 12.3. The summed E-state index contributed by atoms with van der Waals surface area (Å²) in [6.07, 6.45) is 5.16. The summed E-state index contributed by atoms with van der Waals surface area (Å²) < 4.78 is 5.52. The average Bonchev–Trinajstić information content (AvgIpc) is 2.82. The second kappa shape index (κ2) is 9.67. The van der Waals surface area contributed by atoms with E-state index in [0.29, 0.717) is 17.4 Å². The number of hydrogen-bond acceptors (Lipinski definition) is 6. The Balaban J connectivity index is 1.42. The number of nitrogens with zero attached hydrogens (tertiary/aromatic N) is 3. The molecule has 32 heavy (non-hydrogen) atoms. The van der Waals surface area contributed by atoms with Gasteiger partial charge in [-0.15, -0.1) is 0 Å². The van der Waals surface area contributed by atoms with Crippen LogP contribution < -0.4 is 21.1 Å². The van der Waals surface area contributed by atoms with Gasteiger partial charge in [0.25, 0.3) is 5.91 Å². The van der Waals surface area contributed by atoms with Crippen LogP contribution in [-0.2, 0) is 4.79 Å². The number of quaternary nitrogens is 1. The highest BCUT2D eigenvalue weighted by atomic mass is 16.5. The van der Waals surface area contributed by atoms with E-state index in [1.807, 2.05) is 55.5 Å². The molecule has 2 heterocycles. The maximum absolute atomic E-state index is 12.3. The minimum absolute atomic E-state index is 0.0939. The first-order valence-corrected chi connectivity index (χ1v) is 10.0. The van der Waals surface area contributed by atoms with Gasteiger partial charge in [-0.05, 0) is 55.0 Å². The number of nitrogens with one attached hydrogen (secondary N) is 2. The zero-order valence-electron chi connectivity index (χ0n) is 17.6. The first-order valence-electron chi connectivity index (χ1n) is 10.0. The van der Waals surface area contributed by atoms with Crippen LogP contribution in [0.5, 0.6) is 5.75 Å². The lowest BCUT2D eigenvalue weighted by atomic mass is 10.1. The van der Waals surface area contributed by atoms with E-state index >= 15 is 0 Å². The molecule has 2 aromatic heterocycles. The molecule has 0 fully saturated rings. The molecule has 4 rings (SSSR count). The molecule has 0 saturated heterocycles. The Morgan fingerprint density at radius 1 is 1.06 bits per heavy atom. The molecule has 4 aromatic rings. The molecule has 0 bridgehead atoms. The normalized spacial score (nSPS) is 10.4. The van der Waals surface area contributed by atoms with E-state index in [4.69, 9.17) is 4.74 Å². The summed E-state index contributed by atoms with van der Waals surface area (Å²) >= 11 is 0. The Hall–Kier alpha value is -4.30. The number of benzene rings is 2. The van der Waals surface area contributed by atoms with Gasteiger partial charge in [-0.1, -0.05) is 6.07 Å². The maximum Gasteiger partial charge on any atom is 0.262 e. The zero-order chi connectivity index (χ0) is 22.3. The predicted octanol–water partition coefficient (Wildman–Crippen LogP) is 3.48. The highest BCUT2D eigenvalue weighted by Crippen LogP contribution is 2.24. The van der Waals surface area contributed by atoms with Gasteiger partial charge in [-0.3, -0.25) is 9.78 Å². The first-order chi connectivity index (χ1) is 15.6. The number of pyridine rings is 1. The second-order valence-corrected chi connectivity index (χ2v) is 7.14. The smallest absolute Gasteiger partial charge is 0.262 e. The van der Waals surface area contributed by atoms with E-state index in [-0.39, 0.29) is 12.5 Å². The predicted molar refractivity (Wildman–Crippen MR) is 123 cm³/mol. The van der Waals surface area contributed by atoms with Crippen LogP contribution in [0.15, 0.2) is 79.3 Å². The molecule has 8 nitrogen and oxygen atoms in total. The lowest BCUT2D eigenvalue weighted by Gasteiger charge is -2.12. The number of anilines is 3. The molecule has 0 unspecified atom stereocenters. The molecule has 0 spiro atoms. The van der Waals surface area contributed by atoms with Gasteiger partial charge >= 0.3 is 0 Å². The van der Waals surface area contributed by atoms with Crippen LogP contribution in [-0.4, -0.2) is 27.5 Å².